The SMILES string of the molecule is COc1ccccc1C/C(C)=N/OCc1c(C)cccc1N(N)C(=O)N(C)N. The molecule has 0 spiro atoms. The molecule has 0 fully saturated rings. The van der Waals surface area contributed by atoms with Crippen LogP contribution in [0, 0.1) is 6.92 Å². The van der Waals surface area contributed by atoms with E-state index in [4.69, 9.17) is 21.3 Å². The quantitative estimate of drug-likeness (QED) is 0.330. The number of nitrogens with two attached hydrogens (primary N) is 2. The van der Waals surface area contributed by atoms with Crippen LogP contribution in [0.1, 0.15) is 23.6 Å². The van der Waals surface area contributed by atoms with E-state index in [0.717, 1.165) is 38.2 Å². The molecule has 0 saturated carbocycles. The number of para-hydroxylation sites is 1. The largest absolute Gasteiger partial charge is 0.496 e. The van der Waals surface area contributed by atoms with E-state index in [2.05, 4.69) is 5.16 Å². The summed E-state index contributed by atoms with van der Waals surface area (Å²) in [5.74, 6) is 12.2. The molecule has 4 N–H and O–H groups in total. The molecule has 2 amide bonds. The number of urea groups is 1. The van der Waals surface area contributed by atoms with Crippen molar-refractivity contribution < 1.29 is 14.4 Å². The number of methoxy groups -OCH3 is 1. The lowest BCUT2D eigenvalue weighted by Gasteiger charge is -2.23. The van der Waals surface area contributed by atoms with Gasteiger partial charge in [-0.05, 0) is 37.1 Å². The number of hydrogen-bond acceptors (Lipinski definition) is 6. The Kier molecular flexibility index (Phi) is 7.36. The van der Waals surface area contributed by atoms with Crippen LogP contribution in [0.15, 0.2) is 47.6 Å². The van der Waals surface area contributed by atoms with Gasteiger partial charge < -0.3 is 9.57 Å². The summed E-state index contributed by atoms with van der Waals surface area (Å²) in [6, 6.07) is 12.7. The van der Waals surface area contributed by atoms with Crippen molar-refractivity contribution in [2.75, 3.05) is 19.2 Å². The summed E-state index contributed by atoms with van der Waals surface area (Å²) in [7, 11) is 3.07. The second-order valence-corrected chi connectivity index (χ2v) is 6.42. The first kappa shape index (κ1) is 21.2. The molecule has 0 heterocycles. The molecule has 2 rings (SSSR count). The summed E-state index contributed by atoms with van der Waals surface area (Å²) in [4.78, 5) is 17.6. The highest BCUT2D eigenvalue weighted by molar-refractivity contribution is 5.91. The third kappa shape index (κ3) is 5.21. The van der Waals surface area contributed by atoms with Gasteiger partial charge in [0.1, 0.15) is 12.4 Å². The molecule has 0 bridgehead atoms. The topological polar surface area (TPSA) is 106 Å². The van der Waals surface area contributed by atoms with Gasteiger partial charge in [-0.15, -0.1) is 0 Å². The van der Waals surface area contributed by atoms with Crippen LogP contribution in [-0.4, -0.2) is 30.9 Å². The number of oxime groups is 1. The molecule has 0 aliphatic heterocycles. The van der Waals surface area contributed by atoms with Gasteiger partial charge in [0.15, 0.2) is 0 Å². The fourth-order valence-electron chi connectivity index (χ4n) is 2.74. The van der Waals surface area contributed by atoms with Crippen molar-refractivity contribution in [1.82, 2.24) is 5.01 Å². The van der Waals surface area contributed by atoms with E-state index in [-0.39, 0.29) is 6.61 Å². The lowest BCUT2D eigenvalue weighted by molar-refractivity contribution is 0.129. The summed E-state index contributed by atoms with van der Waals surface area (Å²) >= 11 is 0. The molecule has 0 aromatic heterocycles. The molecular formula is C20H27N5O3. The third-order valence-corrected chi connectivity index (χ3v) is 4.22. The van der Waals surface area contributed by atoms with Crippen LogP contribution in [0.25, 0.3) is 0 Å². The fourth-order valence-corrected chi connectivity index (χ4v) is 2.74. The van der Waals surface area contributed by atoms with Crippen molar-refractivity contribution in [3.63, 3.8) is 0 Å². The molecule has 0 saturated heterocycles. The predicted octanol–water partition coefficient (Wildman–Crippen LogP) is 2.74. The van der Waals surface area contributed by atoms with Crippen LogP contribution < -0.4 is 21.4 Å². The first-order valence-corrected chi connectivity index (χ1v) is 8.78. The van der Waals surface area contributed by atoms with Crippen molar-refractivity contribution in [3.05, 3.63) is 59.2 Å². The van der Waals surface area contributed by atoms with Gasteiger partial charge in [-0.2, -0.15) is 0 Å². The lowest BCUT2D eigenvalue weighted by atomic mass is 10.1. The van der Waals surface area contributed by atoms with Crippen LogP contribution in [0.5, 0.6) is 5.75 Å². The minimum absolute atomic E-state index is 0.167. The van der Waals surface area contributed by atoms with E-state index >= 15 is 0 Å². The number of carbonyl (C=O) groups excluding carboxylic acids is 1. The minimum Gasteiger partial charge on any atom is -0.496 e. The van der Waals surface area contributed by atoms with Crippen molar-refractivity contribution in [2.45, 2.75) is 26.9 Å². The highest BCUT2D eigenvalue weighted by Gasteiger charge is 2.19. The average Bonchev–Trinajstić information content (AvgIpc) is 2.68. The Labute approximate surface area is 165 Å². The number of nitrogens with zero attached hydrogens (tertiary/aromatic N) is 3. The fraction of sp³-hybridized carbons (Fsp3) is 0.300. The lowest BCUT2D eigenvalue weighted by Crippen LogP contribution is -2.49. The number of anilines is 1. The summed E-state index contributed by atoms with van der Waals surface area (Å²) in [6.45, 7) is 3.96. The number of amides is 2. The number of ether oxygens (including phenoxy) is 1. The van der Waals surface area contributed by atoms with Gasteiger partial charge in [0.2, 0.25) is 0 Å². The molecule has 28 heavy (non-hydrogen) atoms. The van der Waals surface area contributed by atoms with Crippen LogP contribution in [-0.2, 0) is 17.9 Å². The van der Waals surface area contributed by atoms with E-state index in [0.29, 0.717) is 12.1 Å². The summed E-state index contributed by atoms with van der Waals surface area (Å²) in [5.41, 5.74) is 4.02. The number of hydrazine groups is 2. The third-order valence-electron chi connectivity index (χ3n) is 4.22. The Morgan fingerprint density at radius 1 is 1.14 bits per heavy atom. The average molecular weight is 385 g/mol. The molecule has 2 aromatic rings. The summed E-state index contributed by atoms with van der Waals surface area (Å²) < 4.78 is 5.36. The summed E-state index contributed by atoms with van der Waals surface area (Å²) in [6.07, 6.45) is 0.601. The molecule has 150 valence electrons. The number of aryl methyl sites for hydroxylation is 1. The van der Waals surface area contributed by atoms with E-state index in [1.807, 2.05) is 50.2 Å². The van der Waals surface area contributed by atoms with Gasteiger partial charge in [-0.1, -0.05) is 35.5 Å². The number of hydrogen-bond donors (Lipinski definition) is 2. The maximum Gasteiger partial charge on any atom is 0.352 e. The molecule has 8 heteroatoms. The smallest absolute Gasteiger partial charge is 0.352 e. The van der Waals surface area contributed by atoms with Gasteiger partial charge in [-0.25, -0.2) is 21.5 Å². The number of carbonyl (C=O) groups is 1. The van der Waals surface area contributed by atoms with Gasteiger partial charge in [0, 0.05) is 19.0 Å². The Hall–Kier alpha value is -3.10. The monoisotopic (exact) mass is 385 g/mol. The molecule has 0 unspecified atom stereocenters. The second kappa shape index (κ2) is 9.72. The standard InChI is InChI=1S/C20H27N5O3/c1-14-8-7-10-18(25(22)20(26)24(3)21)17(14)13-28-23-15(2)12-16-9-5-6-11-19(16)27-4/h5-11H,12-13,21-22H2,1-4H3/b23-15+. The highest BCUT2D eigenvalue weighted by atomic mass is 16.6. The number of rotatable bonds is 7. The molecule has 0 atom stereocenters. The zero-order chi connectivity index (χ0) is 20.7. The minimum atomic E-state index is -0.539. The van der Waals surface area contributed by atoms with Crippen molar-refractivity contribution >= 4 is 17.4 Å². The second-order valence-electron chi connectivity index (χ2n) is 6.42. The van der Waals surface area contributed by atoms with E-state index in [1.54, 1.807) is 13.2 Å². The van der Waals surface area contributed by atoms with E-state index in [1.165, 1.54) is 7.05 Å². The molecule has 2 aromatic carbocycles. The Bertz CT molecular complexity index is 851. The molecule has 8 nitrogen and oxygen atoms in total. The highest BCUT2D eigenvalue weighted by Crippen LogP contribution is 2.24. The summed E-state index contributed by atoms with van der Waals surface area (Å²) in [5, 5.41) is 6.11. The van der Waals surface area contributed by atoms with Crippen LogP contribution >= 0.6 is 0 Å². The molecule has 0 radical (unpaired) electrons. The van der Waals surface area contributed by atoms with Gasteiger partial charge in [0.25, 0.3) is 0 Å². The molecular weight excluding hydrogens is 358 g/mol. The Morgan fingerprint density at radius 3 is 2.54 bits per heavy atom. The normalized spacial score (nSPS) is 11.1. The molecule has 0 aliphatic carbocycles. The van der Waals surface area contributed by atoms with Gasteiger partial charge in [-0.3, -0.25) is 5.01 Å². The van der Waals surface area contributed by atoms with Crippen LogP contribution in [0.4, 0.5) is 10.5 Å². The Balaban J connectivity index is 2.12. The predicted molar refractivity (Wildman–Crippen MR) is 110 cm³/mol. The zero-order valence-electron chi connectivity index (χ0n) is 16.7. The number of benzene rings is 2. The zero-order valence-corrected chi connectivity index (χ0v) is 16.7. The van der Waals surface area contributed by atoms with Crippen molar-refractivity contribution in [1.29, 1.82) is 0 Å². The maximum absolute atomic E-state index is 12.1. The van der Waals surface area contributed by atoms with Crippen LogP contribution in [0.2, 0.25) is 0 Å². The van der Waals surface area contributed by atoms with Gasteiger partial charge >= 0.3 is 6.03 Å². The van der Waals surface area contributed by atoms with Crippen molar-refractivity contribution in [2.24, 2.45) is 16.8 Å². The van der Waals surface area contributed by atoms with Gasteiger partial charge in [0.05, 0.1) is 18.5 Å². The van der Waals surface area contributed by atoms with E-state index in [9.17, 15) is 4.79 Å². The first-order chi connectivity index (χ1) is 13.3. The molecule has 0 aliphatic rings. The van der Waals surface area contributed by atoms with Crippen LogP contribution in [0.3, 0.4) is 0 Å². The first-order valence-electron chi connectivity index (χ1n) is 8.78. The maximum atomic E-state index is 12.1. The Morgan fingerprint density at radius 2 is 1.86 bits per heavy atom. The van der Waals surface area contributed by atoms with E-state index < -0.39 is 6.03 Å². The van der Waals surface area contributed by atoms with Crippen molar-refractivity contribution in [3.8, 4) is 5.75 Å².